The third kappa shape index (κ3) is 7.65. The molecule has 184 valence electrons. The first kappa shape index (κ1) is 25.9. The zero-order chi connectivity index (χ0) is 22.9. The van der Waals surface area contributed by atoms with Crippen LogP contribution in [0.15, 0.2) is 0 Å². The Morgan fingerprint density at radius 1 is 0.656 bits per heavy atom. The van der Waals surface area contributed by atoms with Gasteiger partial charge in [0, 0.05) is 45.3 Å². The van der Waals surface area contributed by atoms with Gasteiger partial charge in [0.1, 0.15) is 11.6 Å². The first-order chi connectivity index (χ1) is 15.5. The molecule has 4 aliphatic rings. The highest BCUT2D eigenvalue weighted by atomic mass is 16.5. The van der Waals surface area contributed by atoms with E-state index in [0.717, 1.165) is 109 Å². The molecule has 32 heavy (non-hydrogen) atoms. The third-order valence-electron chi connectivity index (χ3n) is 8.09. The van der Waals surface area contributed by atoms with Gasteiger partial charge in [0.2, 0.25) is 0 Å². The smallest absolute Gasteiger partial charge is 0.132 e. The lowest BCUT2D eigenvalue weighted by Crippen LogP contribution is -2.61. The van der Waals surface area contributed by atoms with Crippen LogP contribution < -0.4 is 0 Å². The predicted octanol–water partition coefficient (Wildman–Crippen LogP) is 6.97. The fourth-order valence-electron chi connectivity index (χ4n) is 6.86. The van der Waals surface area contributed by atoms with Gasteiger partial charge in [-0.1, -0.05) is 26.7 Å². The minimum atomic E-state index is 0.0203. The van der Waals surface area contributed by atoms with Gasteiger partial charge in [0.15, 0.2) is 0 Å². The van der Waals surface area contributed by atoms with Gasteiger partial charge < -0.3 is 9.47 Å². The lowest BCUT2D eigenvalue weighted by atomic mass is 9.52. The van der Waals surface area contributed by atoms with E-state index in [1.165, 1.54) is 32.1 Å². The third-order valence-corrected chi connectivity index (χ3v) is 8.09. The number of rotatable bonds is 18. The number of ether oxygens (including phenoxy) is 2. The maximum atomic E-state index is 11.9. The number of Topliss-reactive ketones (excluding diaryl/α,β-unsaturated/α-hetero) is 2. The van der Waals surface area contributed by atoms with Crippen LogP contribution >= 0.6 is 0 Å². The molecular formula is C28H48O4. The van der Waals surface area contributed by atoms with Gasteiger partial charge in [0.05, 0.1) is 11.2 Å². The Hall–Kier alpha value is -0.740. The Morgan fingerprint density at radius 2 is 1.06 bits per heavy atom. The van der Waals surface area contributed by atoms with Gasteiger partial charge in [-0.2, -0.15) is 0 Å². The molecule has 0 atom stereocenters. The van der Waals surface area contributed by atoms with Gasteiger partial charge >= 0.3 is 0 Å². The van der Waals surface area contributed by atoms with Crippen molar-refractivity contribution in [3.63, 3.8) is 0 Å². The Labute approximate surface area is 196 Å². The first-order valence-electron chi connectivity index (χ1n) is 13.8. The normalized spacial score (nSPS) is 30.7. The van der Waals surface area contributed by atoms with Gasteiger partial charge in [-0.15, -0.1) is 0 Å². The van der Waals surface area contributed by atoms with Crippen LogP contribution in [0.5, 0.6) is 0 Å². The van der Waals surface area contributed by atoms with Crippen LogP contribution in [0.4, 0.5) is 0 Å². The summed E-state index contributed by atoms with van der Waals surface area (Å²) in [4.78, 5) is 23.8. The van der Waals surface area contributed by atoms with E-state index in [1.54, 1.807) is 0 Å². The molecule has 4 saturated carbocycles. The molecule has 0 N–H and O–H groups in total. The summed E-state index contributed by atoms with van der Waals surface area (Å²) in [6.07, 6.45) is 18.3. The summed E-state index contributed by atoms with van der Waals surface area (Å²) in [6.45, 7) is 5.85. The second-order valence-electron chi connectivity index (χ2n) is 11.2. The lowest BCUT2D eigenvalue weighted by Gasteiger charge is -2.61. The topological polar surface area (TPSA) is 52.6 Å². The molecule has 4 heteroatoms. The van der Waals surface area contributed by atoms with E-state index in [4.69, 9.17) is 9.47 Å². The quantitative estimate of drug-likeness (QED) is 0.212. The number of ketones is 2. The molecule has 0 aromatic carbocycles. The monoisotopic (exact) mass is 448 g/mol. The average molecular weight is 449 g/mol. The summed E-state index contributed by atoms with van der Waals surface area (Å²) in [6, 6.07) is 0. The molecule has 0 unspecified atom stereocenters. The minimum Gasteiger partial charge on any atom is -0.375 e. The summed E-state index contributed by atoms with van der Waals surface area (Å²) >= 11 is 0. The Morgan fingerprint density at radius 3 is 1.47 bits per heavy atom. The molecule has 0 spiro atoms. The number of unbranched alkanes of at least 4 members (excludes halogenated alkanes) is 4. The maximum Gasteiger partial charge on any atom is 0.132 e. The maximum absolute atomic E-state index is 11.9. The molecule has 0 radical (unpaired) electrons. The molecule has 4 rings (SSSR count). The fraction of sp³-hybridized carbons (Fsp3) is 0.929. The number of hydrogen-bond donors (Lipinski definition) is 0. The average Bonchev–Trinajstić information content (AvgIpc) is 2.74. The second kappa shape index (κ2) is 12.6. The van der Waals surface area contributed by atoms with Crippen LogP contribution in [-0.4, -0.2) is 36.0 Å². The van der Waals surface area contributed by atoms with Gasteiger partial charge in [-0.05, 0) is 82.5 Å². The number of carbonyl (C=O) groups excluding carboxylic acids is 2. The van der Waals surface area contributed by atoms with Gasteiger partial charge in [-0.3, -0.25) is 9.59 Å². The molecule has 0 aromatic heterocycles. The van der Waals surface area contributed by atoms with Crippen molar-refractivity contribution in [2.45, 2.75) is 141 Å². The zero-order valence-electron chi connectivity index (χ0n) is 20.9. The van der Waals surface area contributed by atoms with E-state index in [2.05, 4.69) is 13.8 Å². The summed E-state index contributed by atoms with van der Waals surface area (Å²) in [7, 11) is 0. The van der Waals surface area contributed by atoms with Crippen LogP contribution in [0.1, 0.15) is 129 Å². The molecule has 0 heterocycles. The zero-order valence-corrected chi connectivity index (χ0v) is 20.9. The molecule has 4 nitrogen and oxygen atoms in total. The van der Waals surface area contributed by atoms with E-state index < -0.39 is 0 Å². The molecule has 0 amide bonds. The van der Waals surface area contributed by atoms with E-state index in [0.29, 0.717) is 11.6 Å². The number of hydrogen-bond acceptors (Lipinski definition) is 4. The molecular weight excluding hydrogens is 400 g/mol. The molecule has 4 fully saturated rings. The molecule has 0 aromatic rings. The van der Waals surface area contributed by atoms with E-state index in [1.807, 2.05) is 0 Å². The van der Waals surface area contributed by atoms with E-state index >= 15 is 0 Å². The molecule has 4 bridgehead atoms. The Kier molecular flexibility index (Phi) is 10.2. The highest BCUT2D eigenvalue weighted by molar-refractivity contribution is 5.78. The second-order valence-corrected chi connectivity index (χ2v) is 11.2. The van der Waals surface area contributed by atoms with Crippen molar-refractivity contribution in [2.75, 3.05) is 13.2 Å². The summed E-state index contributed by atoms with van der Waals surface area (Å²) in [5, 5.41) is 0. The largest absolute Gasteiger partial charge is 0.375 e. The van der Waals surface area contributed by atoms with E-state index in [9.17, 15) is 9.59 Å². The number of carbonyl (C=O) groups is 2. The standard InChI is InChI=1S/C28H48O4/c1-3-5-11-25(29)13-7-9-15-31-27-18-23-17-24(19-27)21-28(20-23,22-27)32-16-10-8-14-26(30)12-6-4-2/h23-24H,3-22H2,1-2H3. The molecule has 0 saturated heterocycles. The van der Waals surface area contributed by atoms with Crippen molar-refractivity contribution in [3.8, 4) is 0 Å². The molecule has 0 aliphatic heterocycles. The van der Waals surface area contributed by atoms with Crippen LogP contribution in [0.3, 0.4) is 0 Å². The predicted molar refractivity (Wildman–Crippen MR) is 129 cm³/mol. The highest BCUT2D eigenvalue weighted by Gasteiger charge is 2.59. The Bertz CT molecular complexity index is 536. The van der Waals surface area contributed by atoms with Crippen LogP contribution in [-0.2, 0) is 19.1 Å². The summed E-state index contributed by atoms with van der Waals surface area (Å²) < 4.78 is 13.2. The van der Waals surface area contributed by atoms with Crippen molar-refractivity contribution in [1.29, 1.82) is 0 Å². The molecule has 4 aliphatic carbocycles. The van der Waals surface area contributed by atoms with Crippen LogP contribution in [0, 0.1) is 11.8 Å². The summed E-state index contributed by atoms with van der Waals surface area (Å²) in [5.74, 6) is 2.34. The van der Waals surface area contributed by atoms with Gasteiger partial charge in [-0.25, -0.2) is 0 Å². The van der Waals surface area contributed by atoms with Crippen molar-refractivity contribution >= 4 is 11.6 Å². The Balaban J connectivity index is 1.37. The van der Waals surface area contributed by atoms with E-state index in [-0.39, 0.29) is 11.2 Å². The summed E-state index contributed by atoms with van der Waals surface area (Å²) in [5.41, 5.74) is 0.0405. The van der Waals surface area contributed by atoms with Crippen LogP contribution in [0.2, 0.25) is 0 Å². The van der Waals surface area contributed by atoms with Crippen molar-refractivity contribution < 1.29 is 19.1 Å². The lowest BCUT2D eigenvalue weighted by molar-refractivity contribution is -0.237. The highest BCUT2D eigenvalue weighted by Crippen LogP contribution is 2.60. The van der Waals surface area contributed by atoms with Crippen LogP contribution in [0.25, 0.3) is 0 Å². The van der Waals surface area contributed by atoms with Gasteiger partial charge in [0.25, 0.3) is 0 Å². The van der Waals surface area contributed by atoms with Crippen molar-refractivity contribution in [2.24, 2.45) is 11.8 Å². The fourth-order valence-corrected chi connectivity index (χ4v) is 6.86. The first-order valence-corrected chi connectivity index (χ1v) is 13.8. The minimum absolute atomic E-state index is 0.0203. The van der Waals surface area contributed by atoms with Crippen molar-refractivity contribution in [1.82, 2.24) is 0 Å². The van der Waals surface area contributed by atoms with Crippen molar-refractivity contribution in [3.05, 3.63) is 0 Å². The SMILES string of the molecule is CCCCC(=O)CCCCOC12CC3CC(C1)CC(OCCCCC(=O)CCCC)(C3)C2.